The van der Waals surface area contributed by atoms with Gasteiger partial charge in [-0.3, -0.25) is 9.48 Å². The van der Waals surface area contributed by atoms with E-state index in [-0.39, 0.29) is 17.5 Å². The summed E-state index contributed by atoms with van der Waals surface area (Å²) in [5.41, 5.74) is 3.99. The van der Waals surface area contributed by atoms with Crippen LogP contribution in [0.3, 0.4) is 0 Å². The van der Waals surface area contributed by atoms with Crippen molar-refractivity contribution in [1.29, 1.82) is 0 Å². The van der Waals surface area contributed by atoms with Crippen molar-refractivity contribution in [3.05, 3.63) is 58.4 Å². The van der Waals surface area contributed by atoms with Crippen LogP contribution in [0.4, 0.5) is 0 Å². The molecule has 25 heavy (non-hydrogen) atoms. The molecule has 0 unspecified atom stereocenters. The van der Waals surface area contributed by atoms with Crippen LogP contribution in [0.5, 0.6) is 0 Å². The minimum Gasteiger partial charge on any atom is -0.478 e. The Morgan fingerprint density at radius 2 is 1.92 bits per heavy atom. The van der Waals surface area contributed by atoms with Gasteiger partial charge in [0.2, 0.25) is 5.91 Å². The number of hydrogen-bond acceptors (Lipinski definition) is 3. The topological polar surface area (TPSA) is 84.2 Å². The summed E-state index contributed by atoms with van der Waals surface area (Å²) in [7, 11) is 1.89. The lowest BCUT2D eigenvalue weighted by atomic mass is 10.0. The number of nitrogens with one attached hydrogen (secondary N) is 1. The summed E-state index contributed by atoms with van der Waals surface area (Å²) in [6.45, 7) is 5.95. The third kappa shape index (κ3) is 4.35. The summed E-state index contributed by atoms with van der Waals surface area (Å²) in [4.78, 5) is 23.1. The van der Waals surface area contributed by atoms with Gasteiger partial charge in [-0.25, -0.2) is 4.79 Å². The van der Waals surface area contributed by atoms with Crippen LogP contribution in [-0.4, -0.2) is 26.8 Å². The summed E-state index contributed by atoms with van der Waals surface area (Å²) in [6, 6.07) is 6.26. The highest BCUT2D eigenvalue weighted by Crippen LogP contribution is 2.23. The Labute approximate surface area is 147 Å². The van der Waals surface area contributed by atoms with Crippen molar-refractivity contribution in [2.45, 2.75) is 33.2 Å². The Balaban J connectivity index is 2.08. The lowest BCUT2D eigenvalue weighted by Gasteiger charge is -2.16. The molecule has 2 aromatic rings. The fourth-order valence-electron chi connectivity index (χ4n) is 2.80. The van der Waals surface area contributed by atoms with E-state index < -0.39 is 5.97 Å². The number of carboxylic acids is 1. The summed E-state index contributed by atoms with van der Waals surface area (Å²) in [5.74, 6) is -1.17. The van der Waals surface area contributed by atoms with Crippen molar-refractivity contribution < 1.29 is 14.7 Å². The molecule has 1 aromatic carbocycles. The van der Waals surface area contributed by atoms with E-state index in [9.17, 15) is 9.59 Å². The van der Waals surface area contributed by atoms with Crippen LogP contribution in [0.15, 0.2) is 30.3 Å². The molecule has 0 saturated carbocycles. The van der Waals surface area contributed by atoms with Crippen molar-refractivity contribution in [1.82, 2.24) is 15.1 Å². The first-order valence-electron chi connectivity index (χ1n) is 8.15. The predicted molar refractivity (Wildman–Crippen MR) is 96.3 cm³/mol. The van der Waals surface area contributed by atoms with Crippen LogP contribution in [0, 0.1) is 13.8 Å². The highest BCUT2D eigenvalue weighted by atomic mass is 16.4. The second-order valence-electron chi connectivity index (χ2n) is 5.94. The van der Waals surface area contributed by atoms with Gasteiger partial charge in [-0.15, -0.1) is 0 Å². The van der Waals surface area contributed by atoms with Crippen LogP contribution in [-0.2, 0) is 11.8 Å². The standard InChI is InChI=1S/C19H23N3O3/c1-5-16(18-12(2)21-22(4)13(18)3)20-17(23)11-8-14-6-9-15(10-7-14)19(24)25/h6-11,16H,5H2,1-4H3,(H,20,23)(H,24,25)/b11-8+/t16-/m0/s1. The number of carboxylic acid groups (broad SMARTS) is 1. The van der Waals surface area contributed by atoms with Crippen molar-refractivity contribution in [2.24, 2.45) is 7.05 Å². The average Bonchev–Trinajstić information content (AvgIpc) is 2.83. The smallest absolute Gasteiger partial charge is 0.335 e. The Hall–Kier alpha value is -2.89. The molecule has 1 aromatic heterocycles. The zero-order chi connectivity index (χ0) is 18.6. The molecule has 0 aliphatic carbocycles. The molecule has 0 fully saturated rings. The maximum Gasteiger partial charge on any atom is 0.335 e. The van der Waals surface area contributed by atoms with E-state index >= 15 is 0 Å². The Bertz CT molecular complexity index is 804. The zero-order valence-electron chi connectivity index (χ0n) is 14.9. The molecular formula is C19H23N3O3. The van der Waals surface area contributed by atoms with E-state index in [2.05, 4.69) is 10.4 Å². The monoisotopic (exact) mass is 341 g/mol. The molecule has 0 spiro atoms. The lowest BCUT2D eigenvalue weighted by molar-refractivity contribution is -0.117. The van der Waals surface area contributed by atoms with Crippen LogP contribution in [0.2, 0.25) is 0 Å². The molecule has 1 amide bonds. The van der Waals surface area contributed by atoms with Gasteiger partial charge < -0.3 is 10.4 Å². The number of amides is 1. The fourth-order valence-corrected chi connectivity index (χ4v) is 2.80. The molecule has 6 nitrogen and oxygen atoms in total. The van der Waals surface area contributed by atoms with Gasteiger partial charge in [-0.05, 0) is 44.0 Å². The van der Waals surface area contributed by atoms with Gasteiger partial charge in [-0.2, -0.15) is 5.10 Å². The van der Waals surface area contributed by atoms with Crippen molar-refractivity contribution in [3.8, 4) is 0 Å². The summed E-state index contributed by atoms with van der Waals surface area (Å²) < 4.78 is 1.82. The number of carbonyl (C=O) groups excluding carboxylic acids is 1. The third-order valence-electron chi connectivity index (χ3n) is 4.22. The predicted octanol–water partition coefficient (Wildman–Crippen LogP) is 3.02. The number of nitrogens with zero attached hydrogens (tertiary/aromatic N) is 2. The molecule has 0 bridgehead atoms. The number of aromatic nitrogens is 2. The molecule has 2 N–H and O–H groups in total. The zero-order valence-corrected chi connectivity index (χ0v) is 14.9. The van der Waals surface area contributed by atoms with Gasteiger partial charge in [0.25, 0.3) is 0 Å². The van der Waals surface area contributed by atoms with Gasteiger partial charge in [0, 0.05) is 24.4 Å². The number of benzene rings is 1. The molecule has 1 atom stereocenters. The Kier molecular flexibility index (Phi) is 5.75. The molecule has 1 heterocycles. The van der Waals surface area contributed by atoms with Crippen molar-refractivity contribution in [2.75, 3.05) is 0 Å². The van der Waals surface area contributed by atoms with Crippen LogP contribution in [0.1, 0.15) is 52.3 Å². The van der Waals surface area contributed by atoms with Gasteiger partial charge in [0.1, 0.15) is 0 Å². The lowest BCUT2D eigenvalue weighted by Crippen LogP contribution is -2.27. The number of rotatable bonds is 6. The highest BCUT2D eigenvalue weighted by molar-refractivity contribution is 5.92. The summed E-state index contributed by atoms with van der Waals surface area (Å²) in [6.07, 6.45) is 3.89. The van der Waals surface area contributed by atoms with Crippen molar-refractivity contribution >= 4 is 18.0 Å². The molecule has 0 aliphatic heterocycles. The van der Waals surface area contributed by atoms with Crippen LogP contribution >= 0.6 is 0 Å². The van der Waals surface area contributed by atoms with Crippen molar-refractivity contribution in [3.63, 3.8) is 0 Å². The Morgan fingerprint density at radius 1 is 1.28 bits per heavy atom. The molecule has 0 radical (unpaired) electrons. The average molecular weight is 341 g/mol. The number of hydrogen-bond donors (Lipinski definition) is 2. The van der Waals surface area contributed by atoms with E-state index in [0.29, 0.717) is 0 Å². The summed E-state index contributed by atoms with van der Waals surface area (Å²) >= 11 is 0. The first kappa shape index (κ1) is 18.4. The quantitative estimate of drug-likeness (QED) is 0.791. The maximum absolute atomic E-state index is 12.2. The molecule has 0 aliphatic rings. The van der Waals surface area contributed by atoms with Crippen LogP contribution in [0.25, 0.3) is 6.08 Å². The van der Waals surface area contributed by atoms with E-state index in [4.69, 9.17) is 5.11 Å². The fraction of sp³-hybridized carbons (Fsp3) is 0.316. The number of aryl methyl sites for hydroxylation is 2. The second-order valence-corrected chi connectivity index (χ2v) is 5.94. The molecule has 132 valence electrons. The minimum absolute atomic E-state index is 0.0970. The SMILES string of the molecule is CC[C@H](NC(=O)/C=C/c1ccc(C(=O)O)cc1)c1c(C)nn(C)c1C. The molecule has 6 heteroatoms. The molecule has 2 rings (SSSR count). The van der Waals surface area contributed by atoms with Crippen LogP contribution < -0.4 is 5.32 Å². The van der Waals surface area contributed by atoms with E-state index in [1.54, 1.807) is 18.2 Å². The summed E-state index contributed by atoms with van der Waals surface area (Å²) in [5, 5.41) is 16.3. The number of carbonyl (C=O) groups is 2. The van der Waals surface area contributed by atoms with E-state index in [1.165, 1.54) is 18.2 Å². The normalized spacial score (nSPS) is 12.3. The maximum atomic E-state index is 12.2. The second kappa shape index (κ2) is 7.79. The number of aromatic carboxylic acids is 1. The minimum atomic E-state index is -0.971. The first-order chi connectivity index (χ1) is 11.8. The van der Waals surface area contributed by atoms with Gasteiger partial charge in [0.05, 0.1) is 17.3 Å². The first-order valence-corrected chi connectivity index (χ1v) is 8.15. The highest BCUT2D eigenvalue weighted by Gasteiger charge is 2.19. The Morgan fingerprint density at radius 3 is 2.40 bits per heavy atom. The largest absolute Gasteiger partial charge is 0.478 e. The third-order valence-corrected chi connectivity index (χ3v) is 4.22. The van der Waals surface area contributed by atoms with Gasteiger partial charge in [0.15, 0.2) is 0 Å². The van der Waals surface area contributed by atoms with Gasteiger partial charge in [-0.1, -0.05) is 19.1 Å². The molecular weight excluding hydrogens is 318 g/mol. The van der Waals surface area contributed by atoms with E-state index in [1.807, 2.05) is 32.5 Å². The van der Waals surface area contributed by atoms with E-state index in [0.717, 1.165) is 28.9 Å². The van der Waals surface area contributed by atoms with Gasteiger partial charge >= 0.3 is 5.97 Å². The molecule has 0 saturated heterocycles.